The zero-order valence-corrected chi connectivity index (χ0v) is 16.2. The van der Waals surface area contributed by atoms with Gasteiger partial charge in [0.2, 0.25) is 6.79 Å². The van der Waals surface area contributed by atoms with Crippen molar-refractivity contribution in [1.82, 2.24) is 19.9 Å². The molecule has 0 bridgehead atoms. The van der Waals surface area contributed by atoms with Crippen molar-refractivity contribution in [3.05, 3.63) is 35.2 Å². The van der Waals surface area contributed by atoms with E-state index in [9.17, 15) is 0 Å². The average Bonchev–Trinajstić information content (AvgIpc) is 3.24. The Bertz CT molecular complexity index is 786. The monoisotopic (exact) mass is 356 g/mol. The van der Waals surface area contributed by atoms with Crippen LogP contribution in [-0.2, 0) is 12.0 Å². The molecular weight excluding hydrogens is 328 g/mol. The van der Waals surface area contributed by atoms with Gasteiger partial charge in [0, 0.05) is 31.2 Å². The number of hydrogen-bond acceptors (Lipinski definition) is 5. The molecule has 1 fully saturated rings. The van der Waals surface area contributed by atoms with E-state index in [1.165, 1.54) is 11.1 Å². The SMILES string of the molecule is Cc1cc2c(cc1CN1CCC(n3cc(C(C)(C)C)nn3)CC1)OCO2. The van der Waals surface area contributed by atoms with E-state index in [4.69, 9.17) is 9.47 Å². The third kappa shape index (κ3) is 3.43. The average molecular weight is 356 g/mol. The van der Waals surface area contributed by atoms with Crippen molar-refractivity contribution in [2.45, 2.75) is 58.5 Å². The summed E-state index contributed by atoms with van der Waals surface area (Å²) in [5, 5.41) is 8.75. The lowest BCUT2D eigenvalue weighted by molar-refractivity contribution is 0.170. The second-order valence-corrected chi connectivity index (χ2v) is 8.47. The molecular formula is C20H28N4O2. The van der Waals surface area contributed by atoms with Crippen molar-refractivity contribution in [3.63, 3.8) is 0 Å². The van der Waals surface area contributed by atoms with Gasteiger partial charge in [-0.2, -0.15) is 0 Å². The first kappa shape index (κ1) is 17.3. The number of benzene rings is 1. The first-order valence-electron chi connectivity index (χ1n) is 9.44. The van der Waals surface area contributed by atoms with Crippen molar-refractivity contribution >= 4 is 0 Å². The first-order valence-corrected chi connectivity index (χ1v) is 9.44. The molecule has 0 radical (unpaired) electrons. The number of aryl methyl sites for hydroxylation is 1. The van der Waals surface area contributed by atoms with E-state index >= 15 is 0 Å². The molecule has 3 heterocycles. The molecule has 4 rings (SSSR count). The van der Waals surface area contributed by atoms with Crippen LogP contribution in [0.3, 0.4) is 0 Å². The maximum Gasteiger partial charge on any atom is 0.231 e. The fraction of sp³-hybridized carbons (Fsp3) is 0.600. The predicted molar refractivity (Wildman–Crippen MR) is 99.6 cm³/mol. The number of hydrogen-bond donors (Lipinski definition) is 0. The summed E-state index contributed by atoms with van der Waals surface area (Å²) in [6, 6.07) is 4.68. The minimum Gasteiger partial charge on any atom is -0.454 e. The smallest absolute Gasteiger partial charge is 0.231 e. The molecule has 140 valence electrons. The molecule has 0 saturated carbocycles. The van der Waals surface area contributed by atoms with Gasteiger partial charge in [-0.3, -0.25) is 4.90 Å². The van der Waals surface area contributed by atoms with E-state index in [0.717, 1.165) is 49.7 Å². The topological polar surface area (TPSA) is 52.4 Å². The number of ether oxygens (including phenoxy) is 2. The molecule has 0 unspecified atom stereocenters. The Kier molecular flexibility index (Phi) is 4.39. The second kappa shape index (κ2) is 6.58. The van der Waals surface area contributed by atoms with Crippen LogP contribution in [0.4, 0.5) is 0 Å². The van der Waals surface area contributed by atoms with Crippen LogP contribution in [0.2, 0.25) is 0 Å². The molecule has 1 saturated heterocycles. The van der Waals surface area contributed by atoms with Gasteiger partial charge in [-0.25, -0.2) is 4.68 Å². The summed E-state index contributed by atoms with van der Waals surface area (Å²) in [5.41, 5.74) is 3.71. The van der Waals surface area contributed by atoms with Crippen molar-refractivity contribution in [2.24, 2.45) is 0 Å². The van der Waals surface area contributed by atoms with Crippen molar-refractivity contribution < 1.29 is 9.47 Å². The largest absolute Gasteiger partial charge is 0.454 e. The van der Waals surface area contributed by atoms with Gasteiger partial charge in [-0.15, -0.1) is 5.10 Å². The maximum atomic E-state index is 5.53. The summed E-state index contributed by atoms with van der Waals surface area (Å²) < 4.78 is 13.1. The highest BCUT2D eigenvalue weighted by molar-refractivity contribution is 5.48. The van der Waals surface area contributed by atoms with Crippen LogP contribution in [0.1, 0.15) is 56.5 Å². The van der Waals surface area contributed by atoms with E-state index in [-0.39, 0.29) is 5.41 Å². The molecule has 0 N–H and O–H groups in total. The zero-order valence-electron chi connectivity index (χ0n) is 16.2. The van der Waals surface area contributed by atoms with Gasteiger partial charge in [0.15, 0.2) is 11.5 Å². The van der Waals surface area contributed by atoms with Gasteiger partial charge < -0.3 is 9.47 Å². The molecule has 2 aliphatic rings. The lowest BCUT2D eigenvalue weighted by Gasteiger charge is -2.32. The molecule has 1 aromatic heterocycles. The van der Waals surface area contributed by atoms with E-state index in [0.29, 0.717) is 12.8 Å². The molecule has 2 aromatic rings. The minimum atomic E-state index is 0.0514. The van der Waals surface area contributed by atoms with Gasteiger partial charge in [0.25, 0.3) is 0 Å². The van der Waals surface area contributed by atoms with Crippen LogP contribution >= 0.6 is 0 Å². The van der Waals surface area contributed by atoms with Gasteiger partial charge in [-0.05, 0) is 43.0 Å². The molecule has 0 amide bonds. The Morgan fingerprint density at radius 3 is 2.46 bits per heavy atom. The van der Waals surface area contributed by atoms with Crippen molar-refractivity contribution in [2.75, 3.05) is 19.9 Å². The third-order valence-corrected chi connectivity index (χ3v) is 5.44. The second-order valence-electron chi connectivity index (χ2n) is 8.47. The summed E-state index contributed by atoms with van der Waals surface area (Å²) >= 11 is 0. The zero-order chi connectivity index (χ0) is 18.3. The van der Waals surface area contributed by atoms with E-state index in [1.807, 2.05) is 0 Å². The molecule has 6 nitrogen and oxygen atoms in total. The Balaban J connectivity index is 1.38. The van der Waals surface area contributed by atoms with E-state index in [1.54, 1.807) is 0 Å². The van der Waals surface area contributed by atoms with E-state index in [2.05, 4.69) is 65.9 Å². The summed E-state index contributed by atoms with van der Waals surface area (Å²) in [5.74, 6) is 1.74. The number of piperidine rings is 1. The summed E-state index contributed by atoms with van der Waals surface area (Å²) in [6.45, 7) is 12.1. The number of nitrogens with zero attached hydrogens (tertiary/aromatic N) is 4. The normalized spacial score (nSPS) is 18.5. The number of rotatable bonds is 3. The van der Waals surface area contributed by atoms with Gasteiger partial charge in [0.1, 0.15) is 0 Å². The Morgan fingerprint density at radius 1 is 1.12 bits per heavy atom. The highest BCUT2D eigenvalue weighted by atomic mass is 16.7. The molecule has 1 aromatic carbocycles. The van der Waals surface area contributed by atoms with Crippen LogP contribution in [0, 0.1) is 6.92 Å². The number of fused-ring (bicyclic) bond motifs is 1. The van der Waals surface area contributed by atoms with Gasteiger partial charge in [-0.1, -0.05) is 26.0 Å². The van der Waals surface area contributed by atoms with E-state index < -0.39 is 0 Å². The van der Waals surface area contributed by atoms with Crippen LogP contribution in [-0.4, -0.2) is 39.8 Å². The Hall–Kier alpha value is -2.08. The summed E-state index contributed by atoms with van der Waals surface area (Å²) in [6.07, 6.45) is 4.34. The maximum absolute atomic E-state index is 5.53. The van der Waals surface area contributed by atoms with Crippen LogP contribution in [0.15, 0.2) is 18.3 Å². The molecule has 6 heteroatoms. The third-order valence-electron chi connectivity index (χ3n) is 5.44. The van der Waals surface area contributed by atoms with Crippen LogP contribution in [0.25, 0.3) is 0 Å². The highest BCUT2D eigenvalue weighted by Crippen LogP contribution is 2.35. The van der Waals surface area contributed by atoms with Gasteiger partial charge in [0.05, 0.1) is 11.7 Å². The lowest BCUT2D eigenvalue weighted by atomic mass is 9.93. The predicted octanol–water partition coefficient (Wildman–Crippen LogP) is 3.45. The fourth-order valence-electron chi connectivity index (χ4n) is 3.64. The molecule has 26 heavy (non-hydrogen) atoms. The quantitative estimate of drug-likeness (QED) is 0.843. The molecule has 0 atom stereocenters. The molecule has 0 aliphatic carbocycles. The van der Waals surface area contributed by atoms with Crippen molar-refractivity contribution in [3.8, 4) is 11.5 Å². The highest BCUT2D eigenvalue weighted by Gasteiger charge is 2.25. The first-order chi connectivity index (χ1) is 12.4. The minimum absolute atomic E-state index is 0.0514. The van der Waals surface area contributed by atoms with Crippen molar-refractivity contribution in [1.29, 1.82) is 0 Å². The fourth-order valence-corrected chi connectivity index (χ4v) is 3.64. The lowest BCUT2D eigenvalue weighted by Crippen LogP contribution is -2.34. The Morgan fingerprint density at radius 2 is 1.81 bits per heavy atom. The molecule has 0 spiro atoms. The van der Waals surface area contributed by atoms with Gasteiger partial charge >= 0.3 is 0 Å². The molecule has 2 aliphatic heterocycles. The number of aromatic nitrogens is 3. The number of likely N-dealkylation sites (tertiary alicyclic amines) is 1. The summed E-state index contributed by atoms with van der Waals surface area (Å²) in [4.78, 5) is 2.52. The van der Waals surface area contributed by atoms with Crippen LogP contribution < -0.4 is 9.47 Å². The standard InChI is InChI=1S/C20H28N4O2/c1-14-9-17-18(26-13-25-17)10-15(14)11-23-7-5-16(6-8-23)24-12-19(21-22-24)20(2,3)4/h9-10,12,16H,5-8,11,13H2,1-4H3. The summed E-state index contributed by atoms with van der Waals surface area (Å²) in [7, 11) is 0. The Labute approximate surface area is 155 Å². The van der Waals surface area contributed by atoms with Crippen LogP contribution in [0.5, 0.6) is 11.5 Å².